The average molecular weight is 534 g/mol. The van der Waals surface area contributed by atoms with Gasteiger partial charge in [0.25, 0.3) is 0 Å². The largest absolute Gasteiger partial charge is 0.393 e. The second kappa shape index (κ2) is 10.6. The minimum atomic E-state index is -4.34. The Kier molecular flexibility index (Phi) is 10.0. The van der Waals surface area contributed by atoms with Crippen LogP contribution in [-0.4, -0.2) is 32.4 Å². The topological polar surface area (TPSA) is 66.2 Å². The van der Waals surface area contributed by atoms with E-state index in [-0.39, 0.29) is 32.3 Å². The van der Waals surface area contributed by atoms with Gasteiger partial charge in [0.15, 0.2) is 0 Å². The molecule has 0 fully saturated rings. The van der Waals surface area contributed by atoms with Gasteiger partial charge < -0.3 is 15.2 Å². The Hall–Kier alpha value is -1.34. The maximum Gasteiger partial charge on any atom is 0.381 e. The molecule has 0 saturated carbocycles. The van der Waals surface area contributed by atoms with Gasteiger partial charge in [-0.2, -0.15) is 13.2 Å². The van der Waals surface area contributed by atoms with Gasteiger partial charge in [-0.1, -0.05) is 0 Å². The van der Waals surface area contributed by atoms with E-state index in [2.05, 4.69) is 16.0 Å². The van der Waals surface area contributed by atoms with Crippen LogP contribution in [0.2, 0.25) is 0 Å². The first-order valence-electron chi connectivity index (χ1n) is 7.34. The first-order valence-corrected chi connectivity index (χ1v) is 7.34. The second-order valence-electron chi connectivity index (χ2n) is 5.41. The second-order valence-corrected chi connectivity index (χ2v) is 5.41. The molecular weight excluding hydrogens is 513 g/mol. The van der Waals surface area contributed by atoms with E-state index in [4.69, 9.17) is 10.2 Å². The average Bonchev–Trinajstić information content (AvgIpc) is 2.46. The first kappa shape index (κ1) is 23.7. The SMILES string of the molecule is CC(O)CC(C)O.Cc1nccnc1-c1[c-]cc(C(F)(F)F)cc1.[Ir]. The zero-order valence-corrected chi connectivity index (χ0v) is 16.4. The summed E-state index contributed by atoms with van der Waals surface area (Å²) in [6.07, 6.45) is -1.59. The first-order chi connectivity index (χ1) is 11.1. The molecule has 0 aliphatic heterocycles. The number of aromatic nitrogens is 2. The molecule has 0 amide bonds. The Morgan fingerprint density at radius 2 is 1.64 bits per heavy atom. The molecule has 2 N–H and O–H groups in total. The summed E-state index contributed by atoms with van der Waals surface area (Å²) in [5.74, 6) is 0. The summed E-state index contributed by atoms with van der Waals surface area (Å²) in [6.45, 7) is 5.06. The number of hydrogen-bond donors (Lipinski definition) is 2. The Morgan fingerprint density at radius 1 is 1.08 bits per heavy atom. The van der Waals surface area contributed by atoms with Crippen molar-refractivity contribution < 1.29 is 43.5 Å². The van der Waals surface area contributed by atoms with Crippen molar-refractivity contribution in [1.29, 1.82) is 0 Å². The fraction of sp³-hybridized carbons (Fsp3) is 0.412. The summed E-state index contributed by atoms with van der Waals surface area (Å²) < 4.78 is 37.1. The Bertz CT molecular complexity index is 627. The number of benzene rings is 1. The van der Waals surface area contributed by atoms with Gasteiger partial charge in [0, 0.05) is 43.9 Å². The molecule has 25 heavy (non-hydrogen) atoms. The zero-order valence-electron chi connectivity index (χ0n) is 14.0. The normalized spacial score (nSPS) is 13.1. The Labute approximate surface area is 158 Å². The van der Waals surface area contributed by atoms with Crippen molar-refractivity contribution in [2.75, 3.05) is 0 Å². The van der Waals surface area contributed by atoms with Gasteiger partial charge in [-0.15, -0.1) is 29.8 Å². The van der Waals surface area contributed by atoms with Crippen LogP contribution in [0.3, 0.4) is 0 Å². The summed E-state index contributed by atoms with van der Waals surface area (Å²) in [7, 11) is 0. The van der Waals surface area contributed by atoms with Crippen LogP contribution in [0.4, 0.5) is 13.2 Å². The summed E-state index contributed by atoms with van der Waals surface area (Å²) in [5.41, 5.74) is 0.983. The molecular formula is C17H20F3IrN2O2-. The van der Waals surface area contributed by atoms with Crippen LogP contribution in [-0.2, 0) is 26.3 Å². The number of aliphatic hydroxyl groups excluding tert-OH is 2. The zero-order chi connectivity index (χ0) is 18.3. The van der Waals surface area contributed by atoms with E-state index in [1.807, 2.05) is 0 Å². The monoisotopic (exact) mass is 534 g/mol. The molecule has 2 aromatic rings. The number of alkyl halides is 3. The van der Waals surface area contributed by atoms with Crippen LogP contribution in [0.15, 0.2) is 30.6 Å². The maximum atomic E-state index is 12.4. The molecule has 4 nitrogen and oxygen atoms in total. The third-order valence-electron chi connectivity index (χ3n) is 2.96. The van der Waals surface area contributed by atoms with E-state index in [1.54, 1.807) is 20.8 Å². The quantitative estimate of drug-likeness (QED) is 0.594. The molecule has 1 heterocycles. The molecule has 1 aromatic carbocycles. The van der Waals surface area contributed by atoms with Crippen LogP contribution in [0.25, 0.3) is 11.3 Å². The number of halogens is 3. The molecule has 2 rings (SSSR count). The summed E-state index contributed by atoms with van der Waals surface area (Å²) in [4.78, 5) is 8.09. The number of aryl methyl sites for hydroxylation is 1. The van der Waals surface area contributed by atoms with Crippen molar-refractivity contribution in [3.63, 3.8) is 0 Å². The fourth-order valence-electron chi connectivity index (χ4n) is 1.91. The molecule has 1 radical (unpaired) electrons. The summed E-state index contributed by atoms with van der Waals surface area (Å²) in [5, 5.41) is 17.1. The Morgan fingerprint density at radius 3 is 2.00 bits per heavy atom. The van der Waals surface area contributed by atoms with Crippen molar-refractivity contribution in [2.24, 2.45) is 0 Å². The standard InChI is InChI=1S/C12H8F3N2.C5H12O2.Ir/c1-8-11(17-7-6-16-8)9-2-4-10(5-3-9)12(13,14)15;1-4(6)3-5(2)7;/h2,4-7H,1H3;4-7H,3H2,1-2H3;/q-1;;. The number of rotatable bonds is 3. The third kappa shape index (κ3) is 8.54. The predicted octanol–water partition coefficient (Wildman–Crippen LogP) is 3.41. The number of hydrogen-bond acceptors (Lipinski definition) is 4. The van der Waals surface area contributed by atoms with Crippen molar-refractivity contribution >= 4 is 0 Å². The van der Waals surface area contributed by atoms with Crippen molar-refractivity contribution in [3.05, 3.63) is 47.9 Å². The van der Waals surface area contributed by atoms with Crippen molar-refractivity contribution in [1.82, 2.24) is 9.97 Å². The third-order valence-corrected chi connectivity index (χ3v) is 2.96. The van der Waals surface area contributed by atoms with Crippen LogP contribution in [0.5, 0.6) is 0 Å². The van der Waals surface area contributed by atoms with Gasteiger partial charge >= 0.3 is 6.18 Å². The minimum absolute atomic E-state index is 0. The van der Waals surface area contributed by atoms with Gasteiger partial charge in [-0.25, -0.2) is 0 Å². The molecule has 0 spiro atoms. The van der Waals surface area contributed by atoms with Crippen LogP contribution in [0.1, 0.15) is 31.5 Å². The van der Waals surface area contributed by atoms with E-state index in [9.17, 15) is 13.2 Å². The van der Waals surface area contributed by atoms with E-state index in [0.29, 0.717) is 23.4 Å². The van der Waals surface area contributed by atoms with E-state index < -0.39 is 11.7 Å². The van der Waals surface area contributed by atoms with Gasteiger partial charge in [0.05, 0.1) is 12.2 Å². The molecule has 0 aliphatic carbocycles. The molecule has 141 valence electrons. The van der Waals surface area contributed by atoms with Gasteiger partial charge in [0.1, 0.15) is 0 Å². The smallest absolute Gasteiger partial charge is 0.381 e. The van der Waals surface area contributed by atoms with E-state index in [1.165, 1.54) is 18.5 Å². The van der Waals surface area contributed by atoms with Crippen molar-refractivity contribution in [3.8, 4) is 11.3 Å². The van der Waals surface area contributed by atoms with Crippen molar-refractivity contribution in [2.45, 2.75) is 45.6 Å². The van der Waals surface area contributed by atoms with Crippen LogP contribution >= 0.6 is 0 Å². The molecule has 8 heteroatoms. The summed E-state index contributed by atoms with van der Waals surface area (Å²) >= 11 is 0. The van der Waals surface area contributed by atoms with Crippen LogP contribution in [0, 0.1) is 13.0 Å². The molecule has 2 unspecified atom stereocenters. The van der Waals surface area contributed by atoms with Gasteiger partial charge in [-0.05, 0) is 32.8 Å². The molecule has 0 aliphatic rings. The number of nitrogens with zero attached hydrogens (tertiary/aromatic N) is 2. The molecule has 0 bridgehead atoms. The minimum Gasteiger partial charge on any atom is -0.393 e. The van der Waals surface area contributed by atoms with E-state index in [0.717, 1.165) is 12.1 Å². The van der Waals surface area contributed by atoms with Gasteiger partial charge in [-0.3, -0.25) is 4.98 Å². The van der Waals surface area contributed by atoms with E-state index >= 15 is 0 Å². The van der Waals surface area contributed by atoms with Crippen LogP contribution < -0.4 is 0 Å². The summed E-state index contributed by atoms with van der Waals surface area (Å²) in [6, 6.07) is 5.86. The fourth-order valence-corrected chi connectivity index (χ4v) is 1.91. The molecule has 0 saturated heterocycles. The molecule has 1 aromatic heterocycles. The maximum absolute atomic E-state index is 12.4. The predicted molar refractivity (Wildman–Crippen MR) is 84.0 cm³/mol. The Balaban J connectivity index is 0.000000620. The molecule has 2 atom stereocenters. The number of aliphatic hydroxyl groups is 2. The van der Waals surface area contributed by atoms with Gasteiger partial charge in [0.2, 0.25) is 0 Å².